The molecule has 0 radical (unpaired) electrons. The summed E-state index contributed by atoms with van der Waals surface area (Å²) in [6.45, 7) is 3.26. The standard InChI is InChI=1S/C18H21F3N4OS/c1-3-17(2,15-22-7-8-27-15)24-16(26)23-14-6-4-5-12-9-25(10-13(12)14)11-18(19,20)21/h4-8H,3,9-11H2,1-2H3,(H2,23,24,26). The number of thiazole rings is 1. The van der Waals surface area contributed by atoms with Crippen molar-refractivity contribution >= 4 is 23.1 Å². The number of hydrogen-bond donors (Lipinski definition) is 2. The van der Waals surface area contributed by atoms with Crippen LogP contribution in [0.4, 0.5) is 23.7 Å². The van der Waals surface area contributed by atoms with Crippen molar-refractivity contribution in [1.29, 1.82) is 0 Å². The molecule has 0 bridgehead atoms. The van der Waals surface area contributed by atoms with Gasteiger partial charge >= 0.3 is 12.2 Å². The van der Waals surface area contributed by atoms with E-state index in [-0.39, 0.29) is 13.1 Å². The zero-order chi connectivity index (χ0) is 19.7. The molecule has 1 unspecified atom stereocenters. The van der Waals surface area contributed by atoms with E-state index in [1.54, 1.807) is 24.4 Å². The number of alkyl halides is 3. The average molecular weight is 398 g/mol. The number of halogens is 3. The van der Waals surface area contributed by atoms with Gasteiger partial charge in [-0.15, -0.1) is 11.3 Å². The minimum absolute atomic E-state index is 0.156. The summed E-state index contributed by atoms with van der Waals surface area (Å²) in [7, 11) is 0. The number of anilines is 1. The van der Waals surface area contributed by atoms with Crippen LogP contribution in [-0.2, 0) is 18.6 Å². The second-order valence-corrected chi connectivity index (χ2v) is 7.70. The molecule has 2 heterocycles. The highest BCUT2D eigenvalue weighted by Crippen LogP contribution is 2.32. The van der Waals surface area contributed by atoms with Crippen LogP contribution in [-0.4, -0.2) is 28.6 Å². The van der Waals surface area contributed by atoms with E-state index in [1.165, 1.54) is 16.2 Å². The molecule has 1 atom stereocenters. The van der Waals surface area contributed by atoms with Crippen molar-refractivity contribution in [2.75, 3.05) is 11.9 Å². The maximum atomic E-state index is 12.7. The number of benzene rings is 1. The van der Waals surface area contributed by atoms with Gasteiger partial charge in [0.1, 0.15) is 5.01 Å². The van der Waals surface area contributed by atoms with E-state index in [9.17, 15) is 18.0 Å². The third-order valence-electron chi connectivity index (χ3n) is 4.70. The van der Waals surface area contributed by atoms with E-state index in [4.69, 9.17) is 0 Å². The molecule has 1 aliphatic rings. The minimum atomic E-state index is -4.25. The van der Waals surface area contributed by atoms with Crippen molar-refractivity contribution in [2.24, 2.45) is 0 Å². The molecule has 5 nitrogen and oxygen atoms in total. The van der Waals surface area contributed by atoms with Gasteiger partial charge in [-0.3, -0.25) is 4.90 Å². The lowest BCUT2D eigenvalue weighted by Crippen LogP contribution is -2.45. The predicted octanol–water partition coefficient (Wildman–Crippen LogP) is 4.47. The highest BCUT2D eigenvalue weighted by Gasteiger charge is 2.34. The summed E-state index contributed by atoms with van der Waals surface area (Å²) in [6, 6.07) is 4.84. The number of rotatable bonds is 5. The van der Waals surface area contributed by atoms with E-state index in [0.29, 0.717) is 12.1 Å². The van der Waals surface area contributed by atoms with Crippen LogP contribution < -0.4 is 10.6 Å². The molecule has 1 aromatic carbocycles. The number of fused-ring (bicyclic) bond motifs is 1. The van der Waals surface area contributed by atoms with Gasteiger partial charge in [-0.2, -0.15) is 13.2 Å². The van der Waals surface area contributed by atoms with Crippen LogP contribution in [0.1, 0.15) is 36.4 Å². The molecule has 27 heavy (non-hydrogen) atoms. The zero-order valence-corrected chi connectivity index (χ0v) is 15.9. The van der Waals surface area contributed by atoms with Crippen molar-refractivity contribution < 1.29 is 18.0 Å². The Kier molecular flexibility index (Phi) is 5.43. The fraction of sp³-hybridized carbons (Fsp3) is 0.444. The summed E-state index contributed by atoms with van der Waals surface area (Å²) in [5.41, 5.74) is 1.45. The first-order valence-electron chi connectivity index (χ1n) is 8.59. The second-order valence-electron chi connectivity index (χ2n) is 6.81. The van der Waals surface area contributed by atoms with Gasteiger partial charge in [-0.05, 0) is 30.5 Å². The number of carbonyl (C=O) groups is 1. The molecule has 1 aromatic heterocycles. The number of hydrogen-bond acceptors (Lipinski definition) is 4. The molecule has 3 rings (SSSR count). The molecule has 0 fully saturated rings. The van der Waals surface area contributed by atoms with Crippen molar-refractivity contribution in [3.63, 3.8) is 0 Å². The molecule has 2 aromatic rings. The molecule has 146 valence electrons. The third kappa shape index (κ3) is 4.59. The lowest BCUT2D eigenvalue weighted by atomic mass is 10.0. The Morgan fingerprint density at radius 1 is 1.33 bits per heavy atom. The van der Waals surface area contributed by atoms with Crippen LogP contribution in [0, 0.1) is 0 Å². The molecule has 0 aliphatic carbocycles. The lowest BCUT2D eigenvalue weighted by Gasteiger charge is -2.27. The topological polar surface area (TPSA) is 57.3 Å². The SMILES string of the molecule is CCC(C)(NC(=O)Nc1cccc2c1CN(CC(F)(F)F)C2)c1nccs1. The van der Waals surface area contributed by atoms with E-state index in [2.05, 4.69) is 15.6 Å². The first-order valence-corrected chi connectivity index (χ1v) is 9.47. The Hall–Kier alpha value is -2.13. The first-order chi connectivity index (χ1) is 12.7. The molecule has 0 saturated carbocycles. The van der Waals surface area contributed by atoms with Gasteiger partial charge in [0.25, 0.3) is 0 Å². The number of carbonyl (C=O) groups excluding carboxylic acids is 1. The van der Waals surface area contributed by atoms with Gasteiger partial charge in [-0.1, -0.05) is 19.1 Å². The van der Waals surface area contributed by atoms with Crippen LogP contribution in [0.15, 0.2) is 29.8 Å². The Morgan fingerprint density at radius 3 is 2.74 bits per heavy atom. The fourth-order valence-corrected chi connectivity index (χ4v) is 3.99. The summed E-state index contributed by atoms with van der Waals surface area (Å²) in [5.74, 6) is 0. The molecule has 9 heteroatoms. The largest absolute Gasteiger partial charge is 0.401 e. The zero-order valence-electron chi connectivity index (χ0n) is 15.1. The maximum Gasteiger partial charge on any atom is 0.401 e. The predicted molar refractivity (Wildman–Crippen MR) is 98.5 cm³/mol. The molecule has 1 aliphatic heterocycles. The quantitative estimate of drug-likeness (QED) is 0.781. The Bertz CT molecular complexity index is 809. The van der Waals surface area contributed by atoms with E-state index in [0.717, 1.165) is 16.1 Å². The van der Waals surface area contributed by atoms with Gasteiger partial charge in [0, 0.05) is 30.4 Å². The first kappa shape index (κ1) is 19.6. The molecular formula is C18H21F3N4OS. The number of amides is 2. The fourth-order valence-electron chi connectivity index (χ4n) is 3.17. The molecule has 0 spiro atoms. The minimum Gasteiger partial charge on any atom is -0.326 e. The van der Waals surface area contributed by atoms with Crippen LogP contribution in [0.5, 0.6) is 0 Å². The van der Waals surface area contributed by atoms with Crippen LogP contribution in [0.3, 0.4) is 0 Å². The molecular weight excluding hydrogens is 377 g/mol. The molecule has 2 N–H and O–H groups in total. The lowest BCUT2D eigenvalue weighted by molar-refractivity contribution is -0.146. The van der Waals surface area contributed by atoms with Crippen molar-refractivity contribution in [2.45, 2.75) is 45.1 Å². The number of urea groups is 1. The second kappa shape index (κ2) is 7.47. The number of aromatic nitrogens is 1. The van der Waals surface area contributed by atoms with E-state index in [1.807, 2.05) is 19.2 Å². The van der Waals surface area contributed by atoms with E-state index < -0.39 is 24.3 Å². The summed E-state index contributed by atoms with van der Waals surface area (Å²) >= 11 is 1.46. The average Bonchev–Trinajstić information content (AvgIpc) is 3.22. The summed E-state index contributed by atoms with van der Waals surface area (Å²) < 4.78 is 38.0. The van der Waals surface area contributed by atoms with Crippen molar-refractivity contribution in [3.8, 4) is 0 Å². The molecule has 0 saturated heterocycles. The van der Waals surface area contributed by atoms with Crippen molar-refractivity contribution in [1.82, 2.24) is 15.2 Å². The van der Waals surface area contributed by atoms with Crippen LogP contribution in [0.2, 0.25) is 0 Å². The summed E-state index contributed by atoms with van der Waals surface area (Å²) in [5, 5.41) is 8.39. The van der Waals surface area contributed by atoms with Gasteiger partial charge < -0.3 is 10.6 Å². The van der Waals surface area contributed by atoms with Gasteiger partial charge in [0.15, 0.2) is 0 Å². The van der Waals surface area contributed by atoms with Crippen LogP contribution in [0.25, 0.3) is 0 Å². The summed E-state index contributed by atoms with van der Waals surface area (Å²) in [4.78, 5) is 18.2. The smallest absolute Gasteiger partial charge is 0.326 e. The van der Waals surface area contributed by atoms with Crippen LogP contribution >= 0.6 is 11.3 Å². The highest BCUT2D eigenvalue weighted by molar-refractivity contribution is 7.09. The number of nitrogens with one attached hydrogen (secondary N) is 2. The molecule has 2 amide bonds. The normalized spacial score (nSPS) is 16.6. The Balaban J connectivity index is 1.71. The van der Waals surface area contributed by atoms with Gasteiger partial charge in [0.2, 0.25) is 0 Å². The third-order valence-corrected chi connectivity index (χ3v) is 5.74. The maximum absolute atomic E-state index is 12.7. The van der Waals surface area contributed by atoms with Gasteiger partial charge in [0.05, 0.1) is 12.1 Å². The summed E-state index contributed by atoms with van der Waals surface area (Å²) in [6.07, 6.45) is -1.91. The Labute approximate surface area is 159 Å². The van der Waals surface area contributed by atoms with Gasteiger partial charge in [-0.25, -0.2) is 9.78 Å². The Morgan fingerprint density at radius 2 is 2.11 bits per heavy atom. The number of nitrogens with zero attached hydrogens (tertiary/aromatic N) is 2. The monoisotopic (exact) mass is 398 g/mol. The highest BCUT2D eigenvalue weighted by atomic mass is 32.1. The van der Waals surface area contributed by atoms with E-state index >= 15 is 0 Å². The van der Waals surface area contributed by atoms with Crippen molar-refractivity contribution in [3.05, 3.63) is 45.9 Å².